The van der Waals surface area contributed by atoms with Gasteiger partial charge in [0.25, 0.3) is 0 Å². The Labute approximate surface area is 166 Å². The Balaban J connectivity index is 1.88. The number of nitrogens with zero attached hydrogens (tertiary/aromatic N) is 4. The molecule has 2 heterocycles. The Morgan fingerprint density at radius 1 is 1.18 bits per heavy atom. The highest BCUT2D eigenvalue weighted by Crippen LogP contribution is 2.29. The zero-order chi connectivity index (χ0) is 19.9. The Hall–Kier alpha value is -2.29. The van der Waals surface area contributed by atoms with Crippen molar-refractivity contribution in [2.75, 3.05) is 16.9 Å². The summed E-state index contributed by atoms with van der Waals surface area (Å²) in [6.45, 7) is 3.28. The van der Waals surface area contributed by atoms with Gasteiger partial charge in [-0.25, -0.2) is 10.8 Å². The molecule has 2 aromatic rings. The van der Waals surface area contributed by atoms with Crippen LogP contribution in [0.5, 0.6) is 0 Å². The number of aliphatic hydroxyl groups excluding tert-OH is 1. The first-order valence-electron chi connectivity index (χ1n) is 10.1. The summed E-state index contributed by atoms with van der Waals surface area (Å²) in [6.07, 6.45) is 8.80. The van der Waals surface area contributed by atoms with Crippen molar-refractivity contribution in [3.63, 3.8) is 0 Å². The summed E-state index contributed by atoms with van der Waals surface area (Å²) in [4.78, 5) is 13.7. The van der Waals surface area contributed by atoms with E-state index in [-0.39, 0.29) is 12.1 Å². The zero-order valence-electron chi connectivity index (χ0n) is 16.5. The van der Waals surface area contributed by atoms with Crippen molar-refractivity contribution in [2.45, 2.75) is 64.1 Å². The smallest absolute Gasteiger partial charge is 0.241 e. The molecule has 1 fully saturated rings. The van der Waals surface area contributed by atoms with Gasteiger partial charge >= 0.3 is 0 Å². The number of unbranched alkanes of at least 4 members (excludes halogenated alkanes) is 1. The summed E-state index contributed by atoms with van der Waals surface area (Å²) in [5.74, 6) is 7.37. The van der Waals surface area contributed by atoms with Gasteiger partial charge in [0.2, 0.25) is 5.95 Å². The number of nitrogens with two attached hydrogens (primary N) is 2. The molecule has 0 amide bonds. The first-order valence-corrected chi connectivity index (χ1v) is 10.1. The molecule has 0 aromatic carbocycles. The zero-order valence-corrected chi connectivity index (χ0v) is 16.5. The number of hydrogen-bond donors (Lipinski definition) is 4. The van der Waals surface area contributed by atoms with Crippen LogP contribution in [0.3, 0.4) is 0 Å². The third-order valence-electron chi connectivity index (χ3n) is 5.16. The molecule has 0 aliphatic heterocycles. The molecule has 0 radical (unpaired) electrons. The molecule has 152 valence electrons. The van der Waals surface area contributed by atoms with Crippen LogP contribution in [0.25, 0.3) is 11.3 Å². The molecule has 0 unspecified atom stereocenters. The van der Waals surface area contributed by atoms with Gasteiger partial charge in [-0.1, -0.05) is 19.4 Å². The van der Waals surface area contributed by atoms with Crippen molar-refractivity contribution in [2.24, 2.45) is 11.6 Å². The monoisotopic (exact) mass is 385 g/mol. The van der Waals surface area contributed by atoms with Crippen LogP contribution in [0, 0.1) is 0 Å². The van der Waals surface area contributed by atoms with Gasteiger partial charge in [0, 0.05) is 31.5 Å². The maximum Gasteiger partial charge on any atom is 0.241 e. The van der Waals surface area contributed by atoms with Crippen LogP contribution in [0.4, 0.5) is 11.8 Å². The molecule has 1 saturated carbocycles. The van der Waals surface area contributed by atoms with Gasteiger partial charge in [0.1, 0.15) is 5.82 Å². The lowest BCUT2D eigenvalue weighted by Crippen LogP contribution is -2.34. The van der Waals surface area contributed by atoms with E-state index >= 15 is 0 Å². The fourth-order valence-corrected chi connectivity index (χ4v) is 3.35. The number of rotatable bonds is 8. The second-order valence-electron chi connectivity index (χ2n) is 7.38. The minimum Gasteiger partial charge on any atom is -0.393 e. The van der Waals surface area contributed by atoms with Gasteiger partial charge in [-0.05, 0) is 43.7 Å². The summed E-state index contributed by atoms with van der Waals surface area (Å²) < 4.78 is 0. The SMILES string of the molecule is CCCCN(N)c1ncc(-c2ccc(CN)cn2)c(NC2CCC(O)CC2)n1. The van der Waals surface area contributed by atoms with E-state index in [1.807, 2.05) is 12.1 Å². The Bertz CT molecular complexity index is 745. The normalized spacial score (nSPS) is 19.4. The summed E-state index contributed by atoms with van der Waals surface area (Å²) in [5, 5.41) is 14.9. The highest BCUT2D eigenvalue weighted by atomic mass is 16.3. The van der Waals surface area contributed by atoms with Gasteiger partial charge in [0.15, 0.2) is 0 Å². The van der Waals surface area contributed by atoms with E-state index in [1.165, 1.54) is 0 Å². The van der Waals surface area contributed by atoms with Crippen LogP contribution in [0.15, 0.2) is 24.5 Å². The van der Waals surface area contributed by atoms with Gasteiger partial charge in [-0.2, -0.15) is 4.98 Å². The molecule has 8 nitrogen and oxygen atoms in total. The third-order valence-corrected chi connectivity index (χ3v) is 5.16. The molecule has 6 N–H and O–H groups in total. The molecule has 0 spiro atoms. The van der Waals surface area contributed by atoms with Crippen LogP contribution in [-0.2, 0) is 6.54 Å². The van der Waals surface area contributed by atoms with Crippen molar-refractivity contribution >= 4 is 11.8 Å². The largest absolute Gasteiger partial charge is 0.393 e. The number of aromatic nitrogens is 3. The minimum atomic E-state index is -0.197. The molecule has 1 aliphatic carbocycles. The maximum atomic E-state index is 9.78. The average Bonchev–Trinajstić information content (AvgIpc) is 2.73. The molecular weight excluding hydrogens is 354 g/mol. The van der Waals surface area contributed by atoms with Crippen molar-refractivity contribution in [3.05, 3.63) is 30.1 Å². The summed E-state index contributed by atoms with van der Waals surface area (Å²) in [5.41, 5.74) is 8.28. The van der Waals surface area contributed by atoms with E-state index in [2.05, 4.69) is 22.2 Å². The van der Waals surface area contributed by atoms with E-state index in [0.717, 1.165) is 61.2 Å². The fraction of sp³-hybridized carbons (Fsp3) is 0.550. The van der Waals surface area contributed by atoms with Crippen LogP contribution >= 0.6 is 0 Å². The second kappa shape index (κ2) is 9.77. The van der Waals surface area contributed by atoms with Crippen molar-refractivity contribution in [1.82, 2.24) is 15.0 Å². The van der Waals surface area contributed by atoms with Crippen molar-refractivity contribution in [1.29, 1.82) is 0 Å². The molecular formula is C20H31N7O. The molecule has 1 aliphatic rings. The van der Waals surface area contributed by atoms with E-state index in [0.29, 0.717) is 19.0 Å². The van der Waals surface area contributed by atoms with Crippen molar-refractivity contribution < 1.29 is 5.11 Å². The van der Waals surface area contributed by atoms with Gasteiger partial charge in [0.05, 0.1) is 17.4 Å². The van der Waals surface area contributed by atoms with E-state index in [1.54, 1.807) is 17.4 Å². The summed E-state index contributed by atoms with van der Waals surface area (Å²) in [7, 11) is 0. The average molecular weight is 386 g/mol. The standard InChI is InChI=1S/C20H31N7O/c1-2-3-10-27(22)20-24-13-17(18-9-4-14(11-21)12-23-18)19(26-20)25-15-5-7-16(28)8-6-15/h4,9,12-13,15-16,28H,2-3,5-8,10-11,21-22H2,1H3,(H,24,25,26). The fourth-order valence-electron chi connectivity index (χ4n) is 3.35. The van der Waals surface area contributed by atoms with E-state index in [4.69, 9.17) is 16.6 Å². The Morgan fingerprint density at radius 3 is 2.61 bits per heavy atom. The Kier molecular flexibility index (Phi) is 7.13. The van der Waals surface area contributed by atoms with E-state index in [9.17, 15) is 5.11 Å². The molecule has 28 heavy (non-hydrogen) atoms. The lowest BCUT2D eigenvalue weighted by molar-refractivity contribution is 0.126. The molecule has 0 bridgehead atoms. The third kappa shape index (κ3) is 5.15. The van der Waals surface area contributed by atoms with Gasteiger partial charge in [-0.3, -0.25) is 9.99 Å². The van der Waals surface area contributed by atoms with Crippen LogP contribution in [0.1, 0.15) is 51.0 Å². The number of aliphatic hydroxyl groups is 1. The number of hydrogen-bond acceptors (Lipinski definition) is 8. The number of hydrazine groups is 1. The molecule has 0 saturated heterocycles. The van der Waals surface area contributed by atoms with Crippen LogP contribution in [-0.4, -0.2) is 38.7 Å². The minimum absolute atomic E-state index is 0.197. The lowest BCUT2D eigenvalue weighted by Gasteiger charge is -2.27. The first-order chi connectivity index (χ1) is 13.6. The number of nitrogens with one attached hydrogen (secondary N) is 1. The predicted molar refractivity (Wildman–Crippen MR) is 111 cm³/mol. The van der Waals surface area contributed by atoms with Crippen LogP contribution < -0.4 is 21.9 Å². The quantitative estimate of drug-likeness (QED) is 0.402. The number of pyridine rings is 1. The van der Waals surface area contributed by atoms with Crippen LogP contribution in [0.2, 0.25) is 0 Å². The molecule has 8 heteroatoms. The molecule has 3 rings (SSSR count). The lowest BCUT2D eigenvalue weighted by atomic mass is 9.93. The van der Waals surface area contributed by atoms with Crippen molar-refractivity contribution in [3.8, 4) is 11.3 Å². The van der Waals surface area contributed by atoms with E-state index < -0.39 is 0 Å². The maximum absolute atomic E-state index is 9.78. The van der Waals surface area contributed by atoms with Gasteiger partial charge in [-0.15, -0.1) is 0 Å². The highest BCUT2D eigenvalue weighted by molar-refractivity contribution is 5.73. The molecule has 2 aromatic heterocycles. The number of anilines is 2. The molecule has 0 atom stereocenters. The highest BCUT2D eigenvalue weighted by Gasteiger charge is 2.22. The Morgan fingerprint density at radius 2 is 1.96 bits per heavy atom. The predicted octanol–water partition coefficient (Wildman–Crippen LogP) is 2.19. The topological polar surface area (TPSA) is 126 Å². The summed E-state index contributed by atoms with van der Waals surface area (Å²) >= 11 is 0. The first kappa shape index (κ1) is 20.4. The summed E-state index contributed by atoms with van der Waals surface area (Å²) in [6, 6.07) is 4.16. The second-order valence-corrected chi connectivity index (χ2v) is 7.38. The van der Waals surface area contributed by atoms with Gasteiger partial charge < -0.3 is 16.2 Å².